The van der Waals surface area contributed by atoms with Gasteiger partial charge in [0.05, 0.1) is 12.5 Å². The Bertz CT molecular complexity index is 1350. The minimum absolute atomic E-state index is 0.0413. The van der Waals surface area contributed by atoms with Gasteiger partial charge >= 0.3 is 0 Å². The van der Waals surface area contributed by atoms with Gasteiger partial charge < -0.3 is 15.1 Å². The van der Waals surface area contributed by atoms with Crippen molar-refractivity contribution in [3.05, 3.63) is 69.3 Å². The van der Waals surface area contributed by atoms with Gasteiger partial charge in [0, 0.05) is 28.8 Å². The van der Waals surface area contributed by atoms with Gasteiger partial charge in [-0.15, -0.1) is 5.10 Å². The highest BCUT2D eigenvalue weighted by atomic mass is 35.5. The molecular formula is C26H26Cl2N6O2. The number of likely N-dealkylation sites (tertiary alicyclic amines) is 1. The zero-order valence-corrected chi connectivity index (χ0v) is 21.4. The molecule has 0 bridgehead atoms. The van der Waals surface area contributed by atoms with Crippen molar-refractivity contribution >= 4 is 46.5 Å². The van der Waals surface area contributed by atoms with Gasteiger partial charge in [0.2, 0.25) is 11.8 Å². The fourth-order valence-electron chi connectivity index (χ4n) is 5.76. The van der Waals surface area contributed by atoms with E-state index in [1.54, 1.807) is 21.7 Å². The molecule has 1 N–H and O–H groups in total. The molecule has 0 saturated carbocycles. The molecule has 1 aromatic heterocycles. The number of carbonyl (C=O) groups excluding carboxylic acids is 2. The number of hydrogen-bond acceptors (Lipinski definition) is 5. The minimum atomic E-state index is -1.26. The molecule has 4 heterocycles. The van der Waals surface area contributed by atoms with Crippen LogP contribution in [0.15, 0.2) is 42.5 Å². The molecule has 0 unspecified atom stereocenters. The average Bonchev–Trinajstić information content (AvgIpc) is 3.58. The maximum atomic E-state index is 14.2. The van der Waals surface area contributed by atoms with Gasteiger partial charge in [-0.2, -0.15) is 0 Å². The van der Waals surface area contributed by atoms with Crippen LogP contribution < -0.4 is 10.2 Å². The number of hydrogen-bond donors (Lipinski definition) is 1. The van der Waals surface area contributed by atoms with Crippen LogP contribution in [-0.4, -0.2) is 57.9 Å². The number of rotatable bonds is 5. The van der Waals surface area contributed by atoms with Crippen LogP contribution in [0.1, 0.15) is 49.0 Å². The summed E-state index contributed by atoms with van der Waals surface area (Å²) < 4.78 is 1.67. The van der Waals surface area contributed by atoms with E-state index >= 15 is 0 Å². The van der Waals surface area contributed by atoms with Crippen LogP contribution in [-0.2, 0) is 15.0 Å². The SMILES string of the molecule is C[C@@H](c1ccc(Cl)cc1)n1nnc2c1NC(=O)C[C@]21C(=O)N(CCN2CCCC2)c2ccc(Cl)cc21. The van der Waals surface area contributed by atoms with E-state index in [4.69, 9.17) is 23.2 Å². The Hall–Kier alpha value is -2.94. The van der Waals surface area contributed by atoms with E-state index in [2.05, 4.69) is 20.5 Å². The zero-order chi connectivity index (χ0) is 25.0. The van der Waals surface area contributed by atoms with Gasteiger partial charge in [-0.25, -0.2) is 4.68 Å². The van der Waals surface area contributed by atoms with Crippen LogP contribution in [0.4, 0.5) is 11.5 Å². The molecule has 0 radical (unpaired) electrons. The number of nitrogens with one attached hydrogen (secondary N) is 1. The minimum Gasteiger partial charge on any atom is -0.310 e. The molecule has 36 heavy (non-hydrogen) atoms. The topological polar surface area (TPSA) is 83.4 Å². The number of benzene rings is 2. The lowest BCUT2D eigenvalue weighted by Crippen LogP contribution is -2.48. The van der Waals surface area contributed by atoms with Crippen molar-refractivity contribution in [2.24, 2.45) is 0 Å². The monoisotopic (exact) mass is 524 g/mol. The molecule has 186 valence electrons. The van der Waals surface area contributed by atoms with Crippen LogP contribution >= 0.6 is 23.2 Å². The van der Waals surface area contributed by atoms with Crippen molar-refractivity contribution in [2.45, 2.75) is 37.6 Å². The molecule has 6 rings (SSSR count). The summed E-state index contributed by atoms with van der Waals surface area (Å²) in [4.78, 5) is 31.6. The molecule has 2 aromatic carbocycles. The fraction of sp³-hybridized carbons (Fsp3) is 0.385. The summed E-state index contributed by atoms with van der Waals surface area (Å²) in [6.07, 6.45) is 2.32. The van der Waals surface area contributed by atoms with Gasteiger partial charge in [-0.05, 0) is 74.3 Å². The quantitative estimate of drug-likeness (QED) is 0.538. The second-order valence-electron chi connectivity index (χ2n) is 9.76. The van der Waals surface area contributed by atoms with E-state index in [0.717, 1.165) is 30.9 Å². The highest BCUT2D eigenvalue weighted by Gasteiger charge is 2.58. The van der Waals surface area contributed by atoms with Crippen molar-refractivity contribution in [3.63, 3.8) is 0 Å². The van der Waals surface area contributed by atoms with E-state index in [9.17, 15) is 9.59 Å². The largest absolute Gasteiger partial charge is 0.310 e. The Morgan fingerprint density at radius 1 is 1.03 bits per heavy atom. The zero-order valence-electron chi connectivity index (χ0n) is 19.9. The lowest BCUT2D eigenvalue weighted by atomic mass is 9.73. The Morgan fingerprint density at radius 3 is 2.50 bits per heavy atom. The highest BCUT2D eigenvalue weighted by Crippen LogP contribution is 2.52. The summed E-state index contributed by atoms with van der Waals surface area (Å²) in [5.74, 6) is 0.0330. The normalized spacial score (nSPS) is 22.1. The third-order valence-corrected chi connectivity index (χ3v) is 8.15. The van der Waals surface area contributed by atoms with Crippen molar-refractivity contribution in [2.75, 3.05) is 36.4 Å². The standard InChI is InChI=1S/C26H26Cl2N6O2/c1-16(17-4-6-18(27)7-5-17)34-24-23(30-31-34)26(15-22(35)29-24)20-14-19(28)8-9-21(20)33(25(26)36)13-12-32-10-2-3-11-32/h4-9,14,16H,2-3,10-13,15H2,1H3,(H,29,35)/t16-,26+/m0/s1. The first-order chi connectivity index (χ1) is 17.4. The number of amides is 2. The van der Waals surface area contributed by atoms with E-state index in [0.29, 0.717) is 33.7 Å². The summed E-state index contributed by atoms with van der Waals surface area (Å²) in [5, 5.41) is 13.0. The molecule has 1 fully saturated rings. The number of aromatic nitrogens is 3. The second-order valence-corrected chi connectivity index (χ2v) is 10.6. The highest BCUT2D eigenvalue weighted by molar-refractivity contribution is 6.31. The van der Waals surface area contributed by atoms with Crippen LogP contribution in [0.3, 0.4) is 0 Å². The summed E-state index contributed by atoms with van der Waals surface area (Å²) in [7, 11) is 0. The van der Waals surface area contributed by atoms with Gasteiger partial charge in [-0.1, -0.05) is 40.5 Å². The number of nitrogens with zero attached hydrogens (tertiary/aromatic N) is 5. The summed E-state index contributed by atoms with van der Waals surface area (Å²) in [6, 6.07) is 12.7. The van der Waals surface area contributed by atoms with Gasteiger partial charge in [0.1, 0.15) is 11.1 Å². The fourth-order valence-corrected chi connectivity index (χ4v) is 6.06. The maximum Gasteiger partial charge on any atom is 0.244 e. The van der Waals surface area contributed by atoms with Crippen LogP contribution in [0.25, 0.3) is 0 Å². The van der Waals surface area contributed by atoms with Crippen molar-refractivity contribution < 1.29 is 9.59 Å². The number of fused-ring (bicyclic) bond motifs is 4. The number of carbonyl (C=O) groups is 2. The third kappa shape index (κ3) is 3.62. The van der Waals surface area contributed by atoms with Crippen molar-refractivity contribution in [3.8, 4) is 0 Å². The first-order valence-electron chi connectivity index (χ1n) is 12.2. The predicted molar refractivity (Wildman–Crippen MR) is 139 cm³/mol. The lowest BCUT2D eigenvalue weighted by Gasteiger charge is -2.32. The molecule has 1 saturated heterocycles. The van der Waals surface area contributed by atoms with Crippen molar-refractivity contribution in [1.82, 2.24) is 19.9 Å². The van der Waals surface area contributed by atoms with E-state index in [1.165, 1.54) is 12.8 Å². The molecule has 3 aliphatic heterocycles. The Balaban J connectivity index is 1.44. The van der Waals surface area contributed by atoms with E-state index in [-0.39, 0.29) is 24.3 Å². The van der Waals surface area contributed by atoms with Gasteiger partial charge in [0.15, 0.2) is 5.82 Å². The van der Waals surface area contributed by atoms with Crippen LogP contribution in [0.2, 0.25) is 10.0 Å². The molecule has 10 heteroatoms. The average molecular weight is 525 g/mol. The maximum absolute atomic E-state index is 14.2. The van der Waals surface area contributed by atoms with Crippen LogP contribution in [0, 0.1) is 0 Å². The molecule has 8 nitrogen and oxygen atoms in total. The second kappa shape index (κ2) is 8.87. The molecule has 0 aliphatic carbocycles. The van der Waals surface area contributed by atoms with Crippen LogP contribution in [0.5, 0.6) is 0 Å². The Morgan fingerprint density at radius 2 is 1.75 bits per heavy atom. The Labute approximate surface area is 219 Å². The van der Waals surface area contributed by atoms with E-state index < -0.39 is 5.41 Å². The third-order valence-electron chi connectivity index (χ3n) is 7.66. The van der Waals surface area contributed by atoms with Gasteiger partial charge in [-0.3, -0.25) is 9.59 Å². The first-order valence-corrected chi connectivity index (χ1v) is 13.0. The molecule has 1 spiro atoms. The van der Waals surface area contributed by atoms with Crippen molar-refractivity contribution in [1.29, 1.82) is 0 Å². The number of anilines is 2. The summed E-state index contributed by atoms with van der Waals surface area (Å²) in [6.45, 7) is 5.38. The molecule has 3 aliphatic rings. The molecular weight excluding hydrogens is 499 g/mol. The smallest absolute Gasteiger partial charge is 0.244 e. The number of halogens is 2. The molecule has 3 aromatic rings. The molecule has 2 amide bonds. The van der Waals surface area contributed by atoms with Gasteiger partial charge in [0.25, 0.3) is 0 Å². The predicted octanol–water partition coefficient (Wildman–Crippen LogP) is 4.26. The lowest BCUT2D eigenvalue weighted by molar-refractivity contribution is -0.126. The van der Waals surface area contributed by atoms with E-state index in [1.807, 2.05) is 37.3 Å². The first kappa shape index (κ1) is 23.5. The summed E-state index contributed by atoms with van der Waals surface area (Å²) >= 11 is 12.5. The molecule has 2 atom stereocenters. The Kier molecular flexibility index (Phi) is 5.78. The summed E-state index contributed by atoms with van der Waals surface area (Å²) in [5.41, 5.74) is 1.64.